The van der Waals surface area contributed by atoms with Crippen LogP contribution >= 0.6 is 0 Å². The van der Waals surface area contributed by atoms with Crippen molar-refractivity contribution in [1.29, 1.82) is 0 Å². The second kappa shape index (κ2) is 9.64. The Hall–Kier alpha value is -2.01. The molecule has 5 heteroatoms. The van der Waals surface area contributed by atoms with E-state index in [1.807, 2.05) is 24.3 Å². The van der Waals surface area contributed by atoms with Crippen molar-refractivity contribution in [2.45, 2.75) is 82.5 Å². The smallest absolute Gasteiger partial charge is 0.223 e. The fourth-order valence-electron chi connectivity index (χ4n) is 4.57. The Morgan fingerprint density at radius 3 is 2.45 bits per heavy atom. The fourth-order valence-corrected chi connectivity index (χ4v) is 5.41. The van der Waals surface area contributed by atoms with Crippen LogP contribution in [0.15, 0.2) is 36.4 Å². The maximum Gasteiger partial charge on any atom is 0.223 e. The van der Waals surface area contributed by atoms with Crippen molar-refractivity contribution in [2.24, 2.45) is 0 Å². The summed E-state index contributed by atoms with van der Waals surface area (Å²) in [5, 5.41) is -0.478. The molecule has 0 spiro atoms. The third kappa shape index (κ3) is 4.92. The van der Waals surface area contributed by atoms with Crippen LogP contribution < -0.4 is 4.74 Å². The molecule has 0 amide bonds. The van der Waals surface area contributed by atoms with E-state index < -0.39 is 10.8 Å². The lowest BCUT2D eigenvalue weighted by atomic mass is 9.76. The highest BCUT2D eigenvalue weighted by Crippen LogP contribution is 2.45. The molecule has 2 aliphatic carbocycles. The van der Waals surface area contributed by atoms with E-state index in [9.17, 15) is 13.4 Å². The normalized spacial score (nSPS) is 18.2. The highest BCUT2D eigenvalue weighted by Gasteiger charge is 2.28. The number of hydrogen-bond acceptors (Lipinski definition) is 3. The third-order valence-electron chi connectivity index (χ3n) is 6.50. The number of rotatable bonds is 7. The van der Waals surface area contributed by atoms with Crippen LogP contribution in [-0.2, 0) is 22.0 Å². The van der Waals surface area contributed by atoms with E-state index >= 15 is 0 Å². The fraction of sp³-hybridized carbons (Fsp3) is 0.500. The van der Waals surface area contributed by atoms with Gasteiger partial charge in [0.1, 0.15) is 11.6 Å². The largest absolute Gasteiger partial charge is 0.490 e. The molecule has 0 saturated heterocycles. The number of hydrogen-bond donors (Lipinski definition) is 0. The Morgan fingerprint density at radius 2 is 1.81 bits per heavy atom. The van der Waals surface area contributed by atoms with Crippen molar-refractivity contribution in [3.05, 3.63) is 53.3 Å². The summed E-state index contributed by atoms with van der Waals surface area (Å²) in [6.45, 7) is 3.57. The highest BCUT2D eigenvalue weighted by atomic mass is 32.2. The lowest BCUT2D eigenvalue weighted by Gasteiger charge is -2.29. The first-order valence-corrected chi connectivity index (χ1v) is 12.7. The molecule has 31 heavy (non-hydrogen) atoms. The molecule has 0 aromatic heterocycles. The maximum absolute atomic E-state index is 14.9. The van der Waals surface area contributed by atoms with E-state index in [-0.39, 0.29) is 34.6 Å². The van der Waals surface area contributed by atoms with Crippen LogP contribution in [0.4, 0.5) is 4.39 Å². The summed E-state index contributed by atoms with van der Waals surface area (Å²) < 4.78 is 33.5. The zero-order valence-corrected chi connectivity index (χ0v) is 19.2. The van der Waals surface area contributed by atoms with Crippen LogP contribution in [0.1, 0.15) is 75.8 Å². The molecule has 0 radical (unpaired) electrons. The Labute approximate surface area is 186 Å². The summed E-state index contributed by atoms with van der Waals surface area (Å²) in [5.41, 5.74) is 3.25. The molecule has 2 aliphatic rings. The topological polar surface area (TPSA) is 43.4 Å². The minimum absolute atomic E-state index is 0.107. The van der Waals surface area contributed by atoms with Crippen LogP contribution in [0.3, 0.4) is 0 Å². The van der Waals surface area contributed by atoms with Gasteiger partial charge in [-0.15, -0.1) is 0 Å². The summed E-state index contributed by atoms with van der Waals surface area (Å²) in [4.78, 5) is 12.5. The predicted octanol–water partition coefficient (Wildman–Crippen LogP) is 6.31. The van der Waals surface area contributed by atoms with E-state index in [4.69, 9.17) is 4.74 Å². The van der Waals surface area contributed by atoms with Crippen LogP contribution in [0, 0.1) is 5.82 Å². The third-order valence-corrected chi connectivity index (χ3v) is 7.95. The second-order valence-corrected chi connectivity index (χ2v) is 11.1. The first-order valence-electron chi connectivity index (χ1n) is 11.5. The van der Waals surface area contributed by atoms with Crippen LogP contribution in [0.5, 0.6) is 5.75 Å². The highest BCUT2D eigenvalue weighted by molar-refractivity contribution is 8.00. The van der Waals surface area contributed by atoms with Crippen molar-refractivity contribution >= 4 is 15.9 Å². The summed E-state index contributed by atoms with van der Waals surface area (Å²) in [6, 6.07) is 11.0. The molecule has 1 unspecified atom stereocenters. The molecular formula is C26H31FO3S. The van der Waals surface area contributed by atoms with Gasteiger partial charge in [-0.25, -0.2) is 4.39 Å². The van der Waals surface area contributed by atoms with Gasteiger partial charge in [0, 0.05) is 17.2 Å². The minimum atomic E-state index is -1.51. The molecule has 3 nitrogen and oxygen atoms in total. The molecule has 2 aromatic carbocycles. The quantitative estimate of drug-likeness (QED) is 0.505. The van der Waals surface area contributed by atoms with Gasteiger partial charge in [-0.1, -0.05) is 38.5 Å². The Kier molecular flexibility index (Phi) is 6.90. The van der Waals surface area contributed by atoms with Crippen molar-refractivity contribution in [3.63, 3.8) is 0 Å². The molecule has 0 heterocycles. The SMILES string of the molecule is CC(C)S(=O)C(=O)Cc1ccc(OC2CCCC2)c(-c2cccc(F)c2C2CCC2)c1. The van der Waals surface area contributed by atoms with Gasteiger partial charge >= 0.3 is 0 Å². The molecule has 2 aromatic rings. The molecule has 4 rings (SSSR count). The molecule has 0 N–H and O–H groups in total. The zero-order chi connectivity index (χ0) is 22.0. The van der Waals surface area contributed by atoms with Gasteiger partial charge in [-0.05, 0) is 79.3 Å². The van der Waals surface area contributed by atoms with Crippen molar-refractivity contribution in [1.82, 2.24) is 0 Å². The van der Waals surface area contributed by atoms with Gasteiger partial charge in [0.15, 0.2) is 0 Å². The van der Waals surface area contributed by atoms with Crippen LogP contribution in [0.2, 0.25) is 0 Å². The monoisotopic (exact) mass is 442 g/mol. The number of benzene rings is 2. The molecule has 166 valence electrons. The predicted molar refractivity (Wildman–Crippen MR) is 123 cm³/mol. The van der Waals surface area contributed by atoms with Crippen molar-refractivity contribution in [2.75, 3.05) is 0 Å². The van der Waals surface area contributed by atoms with Gasteiger partial charge in [0.25, 0.3) is 0 Å². The number of halogens is 1. The minimum Gasteiger partial charge on any atom is -0.490 e. The molecule has 2 saturated carbocycles. The summed E-state index contributed by atoms with van der Waals surface area (Å²) >= 11 is 0. The molecule has 2 fully saturated rings. The van der Waals surface area contributed by atoms with E-state index in [0.29, 0.717) is 0 Å². The van der Waals surface area contributed by atoms with E-state index in [2.05, 4.69) is 0 Å². The Morgan fingerprint density at radius 1 is 1.06 bits per heavy atom. The molecule has 1 atom stereocenters. The van der Waals surface area contributed by atoms with Crippen molar-refractivity contribution in [3.8, 4) is 16.9 Å². The maximum atomic E-state index is 14.9. The molecular weight excluding hydrogens is 411 g/mol. The summed E-state index contributed by atoms with van der Waals surface area (Å²) in [6.07, 6.45) is 7.81. The number of ether oxygens (including phenoxy) is 1. The standard InChI is InChI=1S/C26H31FO3S/c1-17(2)31(29)25(28)16-18-13-14-24(30-20-9-3-4-10-20)22(15-18)21-11-6-12-23(27)26(21)19-7-5-8-19/h6,11-15,17,19-20H,3-5,7-10,16H2,1-2H3. The lowest BCUT2D eigenvalue weighted by Crippen LogP contribution is -2.18. The van der Waals surface area contributed by atoms with E-state index in [1.54, 1.807) is 19.9 Å². The first kappa shape index (κ1) is 22.2. The van der Waals surface area contributed by atoms with Gasteiger partial charge in [0.2, 0.25) is 5.12 Å². The average molecular weight is 443 g/mol. The zero-order valence-electron chi connectivity index (χ0n) is 18.4. The van der Waals surface area contributed by atoms with Crippen LogP contribution in [0.25, 0.3) is 11.1 Å². The summed E-state index contributed by atoms with van der Waals surface area (Å²) in [7, 11) is -1.51. The summed E-state index contributed by atoms with van der Waals surface area (Å²) in [5.74, 6) is 0.810. The van der Waals surface area contributed by atoms with Crippen LogP contribution in [-0.4, -0.2) is 20.7 Å². The van der Waals surface area contributed by atoms with Gasteiger partial charge in [-0.2, -0.15) is 0 Å². The van der Waals surface area contributed by atoms with E-state index in [1.165, 1.54) is 18.9 Å². The van der Waals surface area contributed by atoms with Gasteiger partial charge < -0.3 is 4.74 Å². The Bertz CT molecular complexity index is 975. The number of carbonyl (C=O) groups is 1. The lowest BCUT2D eigenvalue weighted by molar-refractivity contribution is -0.110. The van der Waals surface area contributed by atoms with Crippen molar-refractivity contribution < 1.29 is 18.1 Å². The second-order valence-electron chi connectivity index (χ2n) is 9.08. The number of carbonyl (C=O) groups excluding carboxylic acids is 1. The Balaban J connectivity index is 1.74. The van der Waals surface area contributed by atoms with E-state index in [0.717, 1.165) is 60.1 Å². The molecule has 0 aliphatic heterocycles. The van der Waals surface area contributed by atoms with Gasteiger partial charge in [0.05, 0.1) is 16.9 Å². The average Bonchev–Trinajstić information content (AvgIpc) is 3.21. The van der Waals surface area contributed by atoms with Gasteiger partial charge in [-0.3, -0.25) is 9.00 Å². The first-order chi connectivity index (χ1) is 14.9. The molecule has 0 bridgehead atoms.